The van der Waals surface area contributed by atoms with Crippen LogP contribution in [0, 0.1) is 5.92 Å². The maximum atomic E-state index is 12.5. The zero-order valence-electron chi connectivity index (χ0n) is 14.2. The Morgan fingerprint density at radius 3 is 2.62 bits per heavy atom. The van der Waals surface area contributed by atoms with Crippen LogP contribution in [0.25, 0.3) is 0 Å². The molecule has 132 valence electrons. The Kier molecular flexibility index (Phi) is 7.06. The lowest BCUT2D eigenvalue weighted by Crippen LogP contribution is -2.51. The lowest BCUT2D eigenvalue weighted by atomic mass is 9.97. The molecule has 0 bridgehead atoms. The highest BCUT2D eigenvalue weighted by molar-refractivity contribution is 6.30. The van der Waals surface area contributed by atoms with E-state index >= 15 is 0 Å². The summed E-state index contributed by atoms with van der Waals surface area (Å²) in [5.74, 6) is -0.405. The summed E-state index contributed by atoms with van der Waals surface area (Å²) in [6, 6.07) is 6.04. The van der Waals surface area contributed by atoms with Crippen molar-refractivity contribution in [3.63, 3.8) is 0 Å². The SMILES string of the molecule is CC[C@H](C)[C@H](NC(=O)c1ccc(Cl)cc1)C(=O)NC[C@H]1CCCO1. The Labute approximate surface area is 148 Å². The molecule has 1 aromatic rings. The average molecular weight is 353 g/mol. The molecule has 1 saturated heterocycles. The fourth-order valence-electron chi connectivity index (χ4n) is 2.66. The maximum absolute atomic E-state index is 12.5. The standard InChI is InChI=1S/C18H25ClN2O3/c1-3-12(2)16(18(23)20-11-15-5-4-10-24-15)21-17(22)13-6-8-14(19)9-7-13/h6-9,12,15-16H,3-5,10-11H2,1-2H3,(H,20,23)(H,21,22)/t12-,15+,16-/m0/s1. The van der Waals surface area contributed by atoms with E-state index in [9.17, 15) is 9.59 Å². The molecule has 0 aliphatic carbocycles. The molecule has 6 heteroatoms. The molecule has 24 heavy (non-hydrogen) atoms. The summed E-state index contributed by atoms with van der Waals surface area (Å²) < 4.78 is 5.52. The lowest BCUT2D eigenvalue weighted by Gasteiger charge is -2.24. The normalized spacial score (nSPS) is 19.5. The van der Waals surface area contributed by atoms with Gasteiger partial charge in [0, 0.05) is 23.7 Å². The van der Waals surface area contributed by atoms with Crippen molar-refractivity contribution in [1.29, 1.82) is 0 Å². The van der Waals surface area contributed by atoms with Gasteiger partial charge in [-0.1, -0.05) is 31.9 Å². The highest BCUT2D eigenvalue weighted by Gasteiger charge is 2.27. The van der Waals surface area contributed by atoms with Crippen molar-refractivity contribution in [2.24, 2.45) is 5.92 Å². The van der Waals surface area contributed by atoms with Gasteiger partial charge in [-0.25, -0.2) is 0 Å². The third-order valence-electron chi connectivity index (χ3n) is 4.42. The number of halogens is 1. The van der Waals surface area contributed by atoms with Crippen LogP contribution in [0.2, 0.25) is 5.02 Å². The number of rotatable bonds is 7. The molecule has 1 heterocycles. The molecular formula is C18H25ClN2O3. The van der Waals surface area contributed by atoms with E-state index in [2.05, 4.69) is 10.6 Å². The summed E-state index contributed by atoms with van der Waals surface area (Å²) in [7, 11) is 0. The summed E-state index contributed by atoms with van der Waals surface area (Å²) >= 11 is 5.84. The third-order valence-corrected chi connectivity index (χ3v) is 4.67. The Morgan fingerprint density at radius 2 is 2.04 bits per heavy atom. The Morgan fingerprint density at radius 1 is 1.33 bits per heavy atom. The Balaban J connectivity index is 1.97. The minimum Gasteiger partial charge on any atom is -0.376 e. The molecule has 0 radical (unpaired) electrons. The molecule has 0 saturated carbocycles. The van der Waals surface area contributed by atoms with Crippen LogP contribution in [0.3, 0.4) is 0 Å². The van der Waals surface area contributed by atoms with Gasteiger partial charge >= 0.3 is 0 Å². The minimum atomic E-state index is -0.570. The smallest absolute Gasteiger partial charge is 0.251 e. The first-order valence-corrected chi connectivity index (χ1v) is 8.84. The van der Waals surface area contributed by atoms with Crippen LogP contribution in [-0.2, 0) is 9.53 Å². The van der Waals surface area contributed by atoms with Crippen LogP contribution < -0.4 is 10.6 Å². The van der Waals surface area contributed by atoms with E-state index < -0.39 is 6.04 Å². The quantitative estimate of drug-likeness (QED) is 0.793. The number of hydrogen-bond donors (Lipinski definition) is 2. The van der Waals surface area contributed by atoms with Gasteiger partial charge in [0.25, 0.3) is 5.91 Å². The van der Waals surface area contributed by atoms with Crippen LogP contribution >= 0.6 is 11.6 Å². The summed E-state index contributed by atoms with van der Waals surface area (Å²) in [6.45, 7) is 5.20. The molecule has 1 fully saturated rings. The van der Waals surface area contributed by atoms with E-state index in [0.717, 1.165) is 25.9 Å². The van der Waals surface area contributed by atoms with E-state index in [1.165, 1.54) is 0 Å². The van der Waals surface area contributed by atoms with Crippen molar-refractivity contribution in [1.82, 2.24) is 10.6 Å². The van der Waals surface area contributed by atoms with Crippen molar-refractivity contribution >= 4 is 23.4 Å². The second-order valence-electron chi connectivity index (χ2n) is 6.22. The molecule has 0 unspecified atom stereocenters. The highest BCUT2D eigenvalue weighted by Crippen LogP contribution is 2.13. The van der Waals surface area contributed by atoms with E-state index in [1.807, 2.05) is 13.8 Å². The van der Waals surface area contributed by atoms with Crippen LogP contribution in [0.4, 0.5) is 0 Å². The van der Waals surface area contributed by atoms with Gasteiger partial charge < -0.3 is 15.4 Å². The second kappa shape index (κ2) is 9.04. The van der Waals surface area contributed by atoms with E-state index in [-0.39, 0.29) is 23.8 Å². The lowest BCUT2D eigenvalue weighted by molar-refractivity contribution is -0.124. The van der Waals surface area contributed by atoms with E-state index in [4.69, 9.17) is 16.3 Å². The van der Waals surface area contributed by atoms with Gasteiger partial charge in [-0.15, -0.1) is 0 Å². The van der Waals surface area contributed by atoms with Crippen molar-refractivity contribution < 1.29 is 14.3 Å². The number of carbonyl (C=O) groups excluding carboxylic acids is 2. The number of amides is 2. The van der Waals surface area contributed by atoms with Crippen molar-refractivity contribution in [3.05, 3.63) is 34.9 Å². The first-order chi connectivity index (χ1) is 11.5. The average Bonchev–Trinajstić information content (AvgIpc) is 3.10. The zero-order valence-corrected chi connectivity index (χ0v) is 14.9. The third kappa shape index (κ3) is 5.21. The Bertz CT molecular complexity index is 556. The molecular weight excluding hydrogens is 328 g/mol. The predicted octanol–water partition coefficient (Wildman–Crippen LogP) is 2.78. The molecule has 3 atom stereocenters. The number of ether oxygens (including phenoxy) is 1. The molecule has 1 aromatic carbocycles. The minimum absolute atomic E-state index is 0.0331. The van der Waals surface area contributed by atoms with Crippen LogP contribution in [-0.4, -0.2) is 37.1 Å². The van der Waals surface area contributed by atoms with Crippen molar-refractivity contribution in [2.75, 3.05) is 13.2 Å². The molecule has 5 nitrogen and oxygen atoms in total. The van der Waals surface area contributed by atoms with Crippen LogP contribution in [0.15, 0.2) is 24.3 Å². The first kappa shape index (κ1) is 18.7. The topological polar surface area (TPSA) is 67.4 Å². The molecule has 1 aliphatic heterocycles. The van der Waals surface area contributed by atoms with Gasteiger partial charge in [-0.2, -0.15) is 0 Å². The van der Waals surface area contributed by atoms with E-state index in [0.29, 0.717) is 17.1 Å². The Hall–Kier alpha value is -1.59. The summed E-state index contributed by atoms with van der Waals surface area (Å²) in [5, 5.41) is 6.32. The summed E-state index contributed by atoms with van der Waals surface area (Å²) in [5.41, 5.74) is 0.486. The van der Waals surface area contributed by atoms with Gasteiger partial charge in [-0.3, -0.25) is 9.59 Å². The number of hydrogen-bond acceptors (Lipinski definition) is 3. The van der Waals surface area contributed by atoms with Gasteiger partial charge in [0.2, 0.25) is 5.91 Å². The zero-order chi connectivity index (χ0) is 17.5. The van der Waals surface area contributed by atoms with Crippen molar-refractivity contribution in [3.8, 4) is 0 Å². The van der Waals surface area contributed by atoms with Crippen molar-refractivity contribution in [2.45, 2.75) is 45.3 Å². The number of benzene rings is 1. The monoisotopic (exact) mass is 352 g/mol. The molecule has 2 rings (SSSR count). The van der Waals surface area contributed by atoms with Crippen LogP contribution in [0.5, 0.6) is 0 Å². The second-order valence-corrected chi connectivity index (χ2v) is 6.66. The van der Waals surface area contributed by atoms with Crippen LogP contribution in [0.1, 0.15) is 43.5 Å². The molecule has 0 aromatic heterocycles. The maximum Gasteiger partial charge on any atom is 0.251 e. The molecule has 2 amide bonds. The molecule has 2 N–H and O–H groups in total. The van der Waals surface area contributed by atoms with Gasteiger partial charge in [0.1, 0.15) is 6.04 Å². The summed E-state index contributed by atoms with van der Waals surface area (Å²) in [6.07, 6.45) is 2.87. The largest absolute Gasteiger partial charge is 0.376 e. The molecule has 1 aliphatic rings. The van der Waals surface area contributed by atoms with Gasteiger partial charge in [0.05, 0.1) is 6.10 Å². The summed E-state index contributed by atoms with van der Waals surface area (Å²) in [4.78, 5) is 24.9. The highest BCUT2D eigenvalue weighted by atomic mass is 35.5. The number of nitrogens with one attached hydrogen (secondary N) is 2. The number of carbonyl (C=O) groups is 2. The fourth-order valence-corrected chi connectivity index (χ4v) is 2.78. The predicted molar refractivity (Wildman–Crippen MR) is 94.1 cm³/mol. The first-order valence-electron chi connectivity index (χ1n) is 8.47. The fraction of sp³-hybridized carbons (Fsp3) is 0.556. The van der Waals surface area contributed by atoms with Gasteiger partial charge in [-0.05, 0) is 43.0 Å². The van der Waals surface area contributed by atoms with E-state index in [1.54, 1.807) is 24.3 Å². The molecule has 0 spiro atoms. The van der Waals surface area contributed by atoms with Gasteiger partial charge in [0.15, 0.2) is 0 Å².